The van der Waals surface area contributed by atoms with Crippen LogP contribution in [0.3, 0.4) is 0 Å². The number of anilines is 1. The molecule has 5 nitrogen and oxygen atoms in total. The van der Waals surface area contributed by atoms with Crippen molar-refractivity contribution in [3.8, 4) is 0 Å². The first-order valence-electron chi connectivity index (χ1n) is 6.48. The van der Waals surface area contributed by atoms with Crippen LogP contribution >= 0.6 is 15.9 Å². The van der Waals surface area contributed by atoms with Gasteiger partial charge in [0.05, 0.1) is 10.5 Å². The van der Waals surface area contributed by atoms with E-state index in [2.05, 4.69) is 15.9 Å². The van der Waals surface area contributed by atoms with Crippen LogP contribution in [-0.4, -0.2) is 36.5 Å². The van der Waals surface area contributed by atoms with E-state index in [9.17, 15) is 13.5 Å². The second-order valence-electron chi connectivity index (χ2n) is 5.39. The van der Waals surface area contributed by atoms with E-state index in [4.69, 9.17) is 5.73 Å². The average Bonchev–Trinajstić information content (AvgIpc) is 2.30. The Bertz CT molecular complexity index is 625. The number of nitrogens with zero attached hydrogens (tertiary/aromatic N) is 1. The molecule has 0 unspecified atom stereocenters. The molecule has 7 heteroatoms. The third-order valence-electron chi connectivity index (χ3n) is 3.57. The molecule has 1 aliphatic rings. The summed E-state index contributed by atoms with van der Waals surface area (Å²) in [5, 5.41) is 10.1. The Hall–Kier alpha value is -0.630. The Kier molecular flexibility index (Phi) is 4.17. The highest BCUT2D eigenvalue weighted by Crippen LogP contribution is 2.34. The van der Waals surface area contributed by atoms with Crippen LogP contribution in [-0.2, 0) is 10.0 Å². The van der Waals surface area contributed by atoms with Gasteiger partial charge in [-0.1, -0.05) is 13.3 Å². The first-order chi connectivity index (χ1) is 9.19. The third-order valence-corrected chi connectivity index (χ3v) is 6.19. The fourth-order valence-corrected chi connectivity index (χ4v) is 4.79. The Morgan fingerprint density at radius 3 is 2.60 bits per heavy atom. The van der Waals surface area contributed by atoms with Crippen molar-refractivity contribution in [2.24, 2.45) is 0 Å². The van der Waals surface area contributed by atoms with Crippen LogP contribution in [0.15, 0.2) is 21.5 Å². The summed E-state index contributed by atoms with van der Waals surface area (Å²) in [5.74, 6) is 0. The molecule has 1 heterocycles. The van der Waals surface area contributed by atoms with Crippen LogP contribution in [0.5, 0.6) is 0 Å². The lowest BCUT2D eigenvalue weighted by atomic mass is 9.92. The molecule has 20 heavy (non-hydrogen) atoms. The van der Waals surface area contributed by atoms with E-state index in [-0.39, 0.29) is 18.0 Å². The summed E-state index contributed by atoms with van der Waals surface area (Å²) in [4.78, 5) is 0.205. The van der Waals surface area contributed by atoms with Gasteiger partial charge in [-0.25, -0.2) is 8.42 Å². The summed E-state index contributed by atoms with van der Waals surface area (Å²) in [5.41, 5.74) is 5.91. The number of benzene rings is 1. The van der Waals surface area contributed by atoms with Crippen molar-refractivity contribution >= 4 is 31.6 Å². The van der Waals surface area contributed by atoms with Crippen LogP contribution < -0.4 is 5.73 Å². The van der Waals surface area contributed by atoms with Gasteiger partial charge in [0.2, 0.25) is 10.0 Å². The van der Waals surface area contributed by atoms with Crippen molar-refractivity contribution < 1.29 is 13.5 Å². The molecule has 0 spiro atoms. The third kappa shape index (κ3) is 2.72. The zero-order chi connectivity index (χ0) is 15.1. The minimum Gasteiger partial charge on any atom is -0.398 e. The highest BCUT2D eigenvalue weighted by molar-refractivity contribution is 9.10. The quantitative estimate of drug-likeness (QED) is 0.800. The van der Waals surface area contributed by atoms with Gasteiger partial charge in [0.15, 0.2) is 0 Å². The summed E-state index contributed by atoms with van der Waals surface area (Å²) in [6.45, 7) is 4.00. The fourth-order valence-electron chi connectivity index (χ4n) is 2.49. The van der Waals surface area contributed by atoms with Gasteiger partial charge in [0.1, 0.15) is 0 Å². The average molecular weight is 363 g/mol. The zero-order valence-electron chi connectivity index (χ0n) is 11.6. The van der Waals surface area contributed by atoms with Gasteiger partial charge >= 0.3 is 0 Å². The van der Waals surface area contributed by atoms with Gasteiger partial charge in [-0.15, -0.1) is 0 Å². The van der Waals surface area contributed by atoms with E-state index in [1.54, 1.807) is 13.0 Å². The van der Waals surface area contributed by atoms with Gasteiger partial charge < -0.3 is 10.8 Å². The van der Waals surface area contributed by atoms with Crippen LogP contribution in [0.2, 0.25) is 0 Å². The molecule has 0 amide bonds. The van der Waals surface area contributed by atoms with E-state index in [0.29, 0.717) is 22.1 Å². The van der Waals surface area contributed by atoms with E-state index in [1.165, 1.54) is 10.4 Å². The van der Waals surface area contributed by atoms with Gasteiger partial charge in [-0.05, 0) is 47.0 Å². The first kappa shape index (κ1) is 15.8. The van der Waals surface area contributed by atoms with Crippen molar-refractivity contribution in [1.82, 2.24) is 4.31 Å². The molecular formula is C13H19BrN2O3S. The summed E-state index contributed by atoms with van der Waals surface area (Å²) < 4.78 is 27.1. The van der Waals surface area contributed by atoms with Crippen LogP contribution in [0, 0.1) is 6.92 Å². The largest absolute Gasteiger partial charge is 0.398 e. The second kappa shape index (κ2) is 5.29. The molecule has 2 rings (SSSR count). The monoisotopic (exact) mass is 362 g/mol. The van der Waals surface area contributed by atoms with E-state index < -0.39 is 15.6 Å². The smallest absolute Gasteiger partial charge is 0.243 e. The van der Waals surface area contributed by atoms with Gasteiger partial charge in [0, 0.05) is 23.2 Å². The number of nitrogen functional groups attached to an aromatic ring is 1. The molecule has 0 aliphatic carbocycles. The predicted molar refractivity (Wildman–Crippen MR) is 81.9 cm³/mol. The summed E-state index contributed by atoms with van der Waals surface area (Å²) >= 11 is 3.28. The highest BCUT2D eigenvalue weighted by atomic mass is 79.9. The molecule has 1 fully saturated rings. The Morgan fingerprint density at radius 1 is 1.45 bits per heavy atom. The van der Waals surface area contributed by atoms with E-state index in [1.807, 2.05) is 6.92 Å². The first-order valence-corrected chi connectivity index (χ1v) is 8.71. The van der Waals surface area contributed by atoms with Crippen molar-refractivity contribution in [2.45, 2.75) is 37.2 Å². The number of β-amino-alcohol motifs (C(OH)–C–C–N with tert-alkyl or cyclic N) is 1. The zero-order valence-corrected chi connectivity index (χ0v) is 14.0. The molecule has 0 atom stereocenters. The lowest BCUT2D eigenvalue weighted by Gasteiger charge is -2.45. The number of nitrogens with two attached hydrogens (primary N) is 1. The van der Waals surface area contributed by atoms with Gasteiger partial charge in [0.25, 0.3) is 0 Å². The molecule has 1 aliphatic heterocycles. The molecule has 1 saturated heterocycles. The van der Waals surface area contributed by atoms with E-state index in [0.717, 1.165) is 6.42 Å². The molecule has 1 aromatic carbocycles. The number of halogens is 1. The second-order valence-corrected chi connectivity index (χ2v) is 8.15. The summed E-state index contributed by atoms with van der Waals surface area (Å²) in [6.07, 6.45) is 1.44. The lowest BCUT2D eigenvalue weighted by Crippen LogP contribution is -2.63. The Balaban J connectivity index is 2.28. The molecule has 0 bridgehead atoms. The minimum atomic E-state index is -3.59. The topological polar surface area (TPSA) is 83.6 Å². The molecular weight excluding hydrogens is 344 g/mol. The summed E-state index contributed by atoms with van der Waals surface area (Å²) in [6, 6.07) is 3.16. The van der Waals surface area contributed by atoms with Crippen LogP contribution in [0.1, 0.15) is 25.3 Å². The Labute approximate surface area is 128 Å². The van der Waals surface area contributed by atoms with Gasteiger partial charge in [-0.2, -0.15) is 4.31 Å². The number of aryl methyl sites for hydroxylation is 1. The maximum absolute atomic E-state index is 12.5. The maximum atomic E-state index is 12.5. The SMILES string of the molecule is CCCC1(O)CN(S(=O)(=O)c2cc(N)c(Br)cc2C)C1. The summed E-state index contributed by atoms with van der Waals surface area (Å²) in [7, 11) is -3.59. The maximum Gasteiger partial charge on any atom is 0.243 e. The predicted octanol–water partition coefficient (Wildman–Crippen LogP) is 1.88. The van der Waals surface area contributed by atoms with Crippen molar-refractivity contribution in [1.29, 1.82) is 0 Å². The number of hydrogen-bond acceptors (Lipinski definition) is 4. The van der Waals surface area contributed by atoms with Gasteiger partial charge in [-0.3, -0.25) is 0 Å². The standard InChI is InChI=1S/C13H19BrN2O3S/c1-3-4-13(17)7-16(8-13)20(18,19)12-6-11(15)10(14)5-9(12)2/h5-6,17H,3-4,7-8,15H2,1-2H3. The molecule has 0 aromatic heterocycles. The molecule has 3 N–H and O–H groups in total. The fraction of sp³-hybridized carbons (Fsp3) is 0.538. The minimum absolute atomic E-state index is 0.151. The molecule has 112 valence electrons. The number of aliphatic hydroxyl groups is 1. The van der Waals surface area contributed by atoms with Crippen molar-refractivity contribution in [3.63, 3.8) is 0 Å². The van der Waals surface area contributed by atoms with Crippen molar-refractivity contribution in [2.75, 3.05) is 18.8 Å². The molecule has 0 radical (unpaired) electrons. The lowest BCUT2D eigenvalue weighted by molar-refractivity contribution is -0.0653. The number of hydrogen-bond donors (Lipinski definition) is 2. The number of rotatable bonds is 4. The molecule has 0 saturated carbocycles. The van der Waals surface area contributed by atoms with Crippen molar-refractivity contribution in [3.05, 3.63) is 22.2 Å². The normalized spacial score (nSPS) is 18.8. The molecule has 1 aromatic rings. The van der Waals surface area contributed by atoms with E-state index >= 15 is 0 Å². The van der Waals surface area contributed by atoms with Crippen LogP contribution in [0.25, 0.3) is 0 Å². The number of sulfonamides is 1. The highest BCUT2D eigenvalue weighted by Gasteiger charge is 2.46. The van der Waals surface area contributed by atoms with Crippen LogP contribution in [0.4, 0.5) is 5.69 Å². The Morgan fingerprint density at radius 2 is 2.05 bits per heavy atom.